The number of aliphatic hydroxyl groups is 1. The Hall–Kier alpha value is -0.420. The van der Waals surface area contributed by atoms with E-state index in [4.69, 9.17) is 4.74 Å². The van der Waals surface area contributed by atoms with Crippen LogP contribution in [0.3, 0.4) is 0 Å². The summed E-state index contributed by atoms with van der Waals surface area (Å²) in [6, 6.07) is 2.13. The zero-order valence-corrected chi connectivity index (χ0v) is 11.5. The van der Waals surface area contributed by atoms with E-state index in [1.165, 1.54) is 5.56 Å². The first kappa shape index (κ1) is 14.6. The van der Waals surface area contributed by atoms with Crippen molar-refractivity contribution in [2.75, 3.05) is 26.3 Å². The molecule has 0 bridgehead atoms. The van der Waals surface area contributed by atoms with Crippen LogP contribution in [0.25, 0.3) is 0 Å². The first-order valence-corrected chi connectivity index (χ1v) is 7.10. The van der Waals surface area contributed by atoms with Crippen molar-refractivity contribution in [3.8, 4) is 0 Å². The summed E-state index contributed by atoms with van der Waals surface area (Å²) >= 11 is 1.72. The third-order valence-electron chi connectivity index (χ3n) is 2.31. The minimum absolute atomic E-state index is 0.406. The lowest BCUT2D eigenvalue weighted by molar-refractivity contribution is 0.0263. The van der Waals surface area contributed by atoms with Gasteiger partial charge in [0.05, 0.1) is 12.7 Å². The maximum atomic E-state index is 9.63. The highest BCUT2D eigenvalue weighted by atomic mass is 32.1. The Morgan fingerprint density at radius 3 is 2.88 bits per heavy atom. The average molecular weight is 257 g/mol. The van der Waals surface area contributed by atoms with Gasteiger partial charge in [0.2, 0.25) is 0 Å². The van der Waals surface area contributed by atoms with Gasteiger partial charge in [-0.1, -0.05) is 13.8 Å². The van der Waals surface area contributed by atoms with Crippen LogP contribution in [0.15, 0.2) is 16.8 Å². The molecular weight excluding hydrogens is 234 g/mol. The van der Waals surface area contributed by atoms with Gasteiger partial charge in [-0.15, -0.1) is 0 Å². The highest BCUT2D eigenvalue weighted by Gasteiger charge is 2.04. The van der Waals surface area contributed by atoms with Gasteiger partial charge in [0.25, 0.3) is 0 Å². The molecule has 0 radical (unpaired) electrons. The Bertz CT molecular complexity index is 275. The third kappa shape index (κ3) is 7.49. The van der Waals surface area contributed by atoms with Gasteiger partial charge in [-0.05, 0) is 41.3 Å². The molecule has 0 fully saturated rings. The standard InChI is InChI=1S/C13H23NO2S/c1-11(2)8-16-9-13(15)7-14-5-3-12-4-6-17-10-12/h4,6,10-11,13-15H,3,5,7-9H2,1-2H3. The molecule has 0 aliphatic carbocycles. The van der Waals surface area contributed by atoms with E-state index in [0.29, 0.717) is 25.7 Å². The van der Waals surface area contributed by atoms with Crippen LogP contribution in [0.5, 0.6) is 0 Å². The van der Waals surface area contributed by atoms with E-state index in [-0.39, 0.29) is 0 Å². The van der Waals surface area contributed by atoms with Gasteiger partial charge in [0.1, 0.15) is 0 Å². The molecule has 1 aromatic heterocycles. The summed E-state index contributed by atoms with van der Waals surface area (Å²) in [4.78, 5) is 0. The van der Waals surface area contributed by atoms with E-state index in [9.17, 15) is 5.11 Å². The van der Waals surface area contributed by atoms with Gasteiger partial charge < -0.3 is 15.2 Å². The Morgan fingerprint density at radius 1 is 1.41 bits per heavy atom. The van der Waals surface area contributed by atoms with Crippen LogP contribution in [0, 0.1) is 5.92 Å². The molecule has 0 aliphatic heterocycles. The van der Waals surface area contributed by atoms with Crippen molar-refractivity contribution in [2.45, 2.75) is 26.4 Å². The smallest absolute Gasteiger partial charge is 0.0897 e. The van der Waals surface area contributed by atoms with Crippen LogP contribution in [-0.2, 0) is 11.2 Å². The largest absolute Gasteiger partial charge is 0.389 e. The molecule has 0 aromatic carbocycles. The van der Waals surface area contributed by atoms with Crippen LogP contribution in [0.1, 0.15) is 19.4 Å². The van der Waals surface area contributed by atoms with Gasteiger partial charge in [0.15, 0.2) is 0 Å². The average Bonchev–Trinajstić information content (AvgIpc) is 2.76. The lowest BCUT2D eigenvalue weighted by atomic mass is 10.2. The fourth-order valence-electron chi connectivity index (χ4n) is 1.44. The Labute approximate surface area is 108 Å². The molecule has 3 nitrogen and oxygen atoms in total. The number of rotatable bonds is 9. The normalized spacial score (nSPS) is 13.2. The maximum Gasteiger partial charge on any atom is 0.0897 e. The van der Waals surface area contributed by atoms with Gasteiger partial charge in [-0.25, -0.2) is 0 Å². The molecular formula is C13H23NO2S. The summed E-state index contributed by atoms with van der Waals surface area (Å²) in [5.74, 6) is 0.522. The monoisotopic (exact) mass is 257 g/mol. The predicted molar refractivity (Wildman–Crippen MR) is 72.6 cm³/mol. The van der Waals surface area contributed by atoms with Gasteiger partial charge in [-0.3, -0.25) is 0 Å². The quantitative estimate of drug-likeness (QED) is 0.664. The summed E-state index contributed by atoms with van der Waals surface area (Å²) in [6.45, 7) is 6.84. The molecule has 0 saturated heterocycles. The second kappa shape index (κ2) is 8.64. The van der Waals surface area contributed by atoms with Gasteiger partial charge >= 0.3 is 0 Å². The third-order valence-corrected chi connectivity index (χ3v) is 3.04. The van der Waals surface area contributed by atoms with E-state index >= 15 is 0 Å². The van der Waals surface area contributed by atoms with Crippen molar-refractivity contribution in [1.82, 2.24) is 5.32 Å². The van der Waals surface area contributed by atoms with Crippen LogP contribution in [0.4, 0.5) is 0 Å². The van der Waals surface area contributed by atoms with E-state index in [1.54, 1.807) is 11.3 Å². The van der Waals surface area contributed by atoms with Crippen LogP contribution in [0.2, 0.25) is 0 Å². The number of aliphatic hydroxyl groups excluding tert-OH is 1. The molecule has 0 spiro atoms. The van der Waals surface area contributed by atoms with E-state index in [0.717, 1.165) is 13.0 Å². The zero-order chi connectivity index (χ0) is 12.5. The van der Waals surface area contributed by atoms with E-state index < -0.39 is 6.10 Å². The summed E-state index contributed by atoms with van der Waals surface area (Å²) < 4.78 is 5.37. The molecule has 0 amide bonds. The fourth-order valence-corrected chi connectivity index (χ4v) is 2.14. The summed E-state index contributed by atoms with van der Waals surface area (Å²) in [5, 5.41) is 17.1. The number of thiophene rings is 1. The molecule has 1 unspecified atom stereocenters. The topological polar surface area (TPSA) is 41.5 Å². The number of ether oxygens (including phenoxy) is 1. The lowest BCUT2D eigenvalue weighted by Crippen LogP contribution is -2.32. The molecule has 1 atom stereocenters. The molecule has 1 aromatic rings. The zero-order valence-electron chi connectivity index (χ0n) is 10.7. The summed E-state index contributed by atoms with van der Waals surface area (Å²) in [7, 11) is 0. The first-order valence-electron chi connectivity index (χ1n) is 6.16. The van der Waals surface area contributed by atoms with Crippen molar-refractivity contribution in [2.24, 2.45) is 5.92 Å². The molecule has 1 heterocycles. The van der Waals surface area contributed by atoms with Crippen LogP contribution in [-0.4, -0.2) is 37.5 Å². The van der Waals surface area contributed by atoms with E-state index in [1.807, 2.05) is 0 Å². The number of hydrogen-bond acceptors (Lipinski definition) is 4. The van der Waals surface area contributed by atoms with Crippen LogP contribution >= 0.6 is 11.3 Å². The molecule has 2 N–H and O–H groups in total. The van der Waals surface area contributed by atoms with E-state index in [2.05, 4.69) is 36.0 Å². The minimum Gasteiger partial charge on any atom is -0.389 e. The molecule has 1 rings (SSSR count). The van der Waals surface area contributed by atoms with Crippen molar-refractivity contribution in [3.63, 3.8) is 0 Å². The molecule has 0 saturated carbocycles. The van der Waals surface area contributed by atoms with Gasteiger partial charge in [0, 0.05) is 13.2 Å². The molecule has 4 heteroatoms. The maximum absolute atomic E-state index is 9.63. The van der Waals surface area contributed by atoms with Crippen molar-refractivity contribution < 1.29 is 9.84 Å². The van der Waals surface area contributed by atoms with Crippen molar-refractivity contribution in [3.05, 3.63) is 22.4 Å². The molecule has 17 heavy (non-hydrogen) atoms. The fraction of sp³-hybridized carbons (Fsp3) is 0.692. The first-order chi connectivity index (χ1) is 8.18. The minimum atomic E-state index is -0.406. The van der Waals surface area contributed by atoms with Crippen molar-refractivity contribution >= 4 is 11.3 Å². The second-order valence-corrected chi connectivity index (χ2v) is 5.45. The number of hydrogen-bond donors (Lipinski definition) is 2. The lowest BCUT2D eigenvalue weighted by Gasteiger charge is -2.13. The second-order valence-electron chi connectivity index (χ2n) is 4.67. The van der Waals surface area contributed by atoms with Crippen molar-refractivity contribution in [1.29, 1.82) is 0 Å². The predicted octanol–water partition coefficient (Wildman–Crippen LogP) is 1.91. The Morgan fingerprint density at radius 2 is 2.24 bits per heavy atom. The molecule has 0 aliphatic rings. The molecule has 98 valence electrons. The van der Waals surface area contributed by atoms with Crippen LogP contribution < -0.4 is 5.32 Å². The SMILES string of the molecule is CC(C)COCC(O)CNCCc1ccsc1. The summed E-state index contributed by atoms with van der Waals surface area (Å²) in [5.41, 5.74) is 1.35. The number of nitrogens with one attached hydrogen (secondary N) is 1. The highest BCUT2D eigenvalue weighted by Crippen LogP contribution is 2.05. The Balaban J connectivity index is 1.95. The summed E-state index contributed by atoms with van der Waals surface area (Å²) in [6.07, 6.45) is 0.611. The highest BCUT2D eigenvalue weighted by molar-refractivity contribution is 7.07. The Kier molecular flexibility index (Phi) is 7.44. The van der Waals surface area contributed by atoms with Gasteiger partial charge in [-0.2, -0.15) is 11.3 Å².